The molecule has 1 N–H and O–H groups in total. The Morgan fingerprint density at radius 2 is 2.05 bits per heavy atom. The molecule has 21 heavy (non-hydrogen) atoms. The van der Waals surface area contributed by atoms with Crippen LogP contribution in [0, 0.1) is 5.92 Å². The fourth-order valence-electron chi connectivity index (χ4n) is 2.70. The lowest BCUT2D eigenvalue weighted by molar-refractivity contribution is 0.222. The van der Waals surface area contributed by atoms with Crippen LogP contribution in [0.25, 0.3) is 0 Å². The molecule has 1 aromatic heterocycles. The van der Waals surface area contributed by atoms with E-state index in [1.807, 2.05) is 12.4 Å². The highest BCUT2D eigenvalue weighted by Gasteiger charge is 2.18. The third kappa shape index (κ3) is 5.25. The SMILES string of the molecule is CC(C)NCc1cncc(N(C)CC2CCN(C)CC2)n1. The molecule has 0 amide bonds. The van der Waals surface area contributed by atoms with Crippen LogP contribution in [-0.4, -0.2) is 54.6 Å². The van der Waals surface area contributed by atoms with E-state index in [9.17, 15) is 0 Å². The molecular weight excluding hydrogens is 262 g/mol. The summed E-state index contributed by atoms with van der Waals surface area (Å²) in [6.45, 7) is 8.56. The highest BCUT2D eigenvalue weighted by molar-refractivity contribution is 5.35. The summed E-state index contributed by atoms with van der Waals surface area (Å²) in [6, 6.07) is 0.465. The normalized spacial score (nSPS) is 17.4. The Bertz CT molecular complexity index is 426. The van der Waals surface area contributed by atoms with Crippen molar-refractivity contribution in [3.8, 4) is 0 Å². The first kappa shape index (κ1) is 16.2. The van der Waals surface area contributed by atoms with E-state index >= 15 is 0 Å². The summed E-state index contributed by atoms with van der Waals surface area (Å²) in [7, 11) is 4.33. The summed E-state index contributed by atoms with van der Waals surface area (Å²) in [5, 5.41) is 3.39. The van der Waals surface area contributed by atoms with Gasteiger partial charge in [0.15, 0.2) is 0 Å². The van der Waals surface area contributed by atoms with Crippen LogP contribution in [0.1, 0.15) is 32.4 Å². The zero-order valence-electron chi connectivity index (χ0n) is 13.8. The fraction of sp³-hybridized carbons (Fsp3) is 0.750. The Labute approximate surface area is 128 Å². The van der Waals surface area contributed by atoms with E-state index in [-0.39, 0.29) is 0 Å². The minimum absolute atomic E-state index is 0.465. The van der Waals surface area contributed by atoms with Crippen molar-refractivity contribution >= 4 is 5.82 Å². The summed E-state index contributed by atoms with van der Waals surface area (Å²) in [4.78, 5) is 13.7. The Hall–Kier alpha value is -1.20. The van der Waals surface area contributed by atoms with Crippen molar-refractivity contribution in [1.29, 1.82) is 0 Å². The maximum atomic E-state index is 4.72. The number of anilines is 1. The minimum atomic E-state index is 0.465. The van der Waals surface area contributed by atoms with Crippen LogP contribution in [0.5, 0.6) is 0 Å². The summed E-state index contributed by atoms with van der Waals surface area (Å²) >= 11 is 0. The molecular formula is C16H29N5. The second-order valence-corrected chi connectivity index (χ2v) is 6.53. The Balaban J connectivity index is 1.89. The van der Waals surface area contributed by atoms with Crippen LogP contribution in [0.4, 0.5) is 5.82 Å². The molecule has 0 aliphatic carbocycles. The molecule has 1 saturated heterocycles. The first-order valence-electron chi connectivity index (χ1n) is 7.98. The van der Waals surface area contributed by atoms with Gasteiger partial charge in [-0.2, -0.15) is 0 Å². The van der Waals surface area contributed by atoms with Gasteiger partial charge in [-0.05, 0) is 38.9 Å². The summed E-state index contributed by atoms with van der Waals surface area (Å²) in [6.07, 6.45) is 6.28. The number of piperidine rings is 1. The van der Waals surface area contributed by atoms with E-state index in [0.29, 0.717) is 6.04 Å². The smallest absolute Gasteiger partial charge is 0.147 e. The van der Waals surface area contributed by atoms with E-state index in [1.165, 1.54) is 25.9 Å². The molecule has 5 heteroatoms. The molecule has 1 aliphatic rings. The fourth-order valence-corrected chi connectivity index (χ4v) is 2.70. The van der Waals surface area contributed by atoms with Crippen LogP contribution in [-0.2, 0) is 6.54 Å². The zero-order chi connectivity index (χ0) is 15.2. The Morgan fingerprint density at radius 3 is 2.71 bits per heavy atom. The lowest BCUT2D eigenvalue weighted by Gasteiger charge is -2.32. The van der Waals surface area contributed by atoms with Gasteiger partial charge in [0.25, 0.3) is 0 Å². The average molecular weight is 291 g/mol. The third-order valence-electron chi connectivity index (χ3n) is 4.12. The molecule has 0 atom stereocenters. The molecule has 1 fully saturated rings. The minimum Gasteiger partial charge on any atom is -0.358 e. The van der Waals surface area contributed by atoms with Crippen molar-refractivity contribution in [2.45, 2.75) is 39.3 Å². The predicted octanol–water partition coefficient (Wildman–Crippen LogP) is 1.75. The number of likely N-dealkylation sites (tertiary alicyclic amines) is 1. The number of rotatable bonds is 6. The van der Waals surface area contributed by atoms with Crippen LogP contribution in [0.3, 0.4) is 0 Å². The quantitative estimate of drug-likeness (QED) is 0.865. The molecule has 2 heterocycles. The highest BCUT2D eigenvalue weighted by Crippen LogP contribution is 2.19. The van der Waals surface area contributed by atoms with Gasteiger partial charge in [0.1, 0.15) is 5.82 Å². The largest absolute Gasteiger partial charge is 0.358 e. The van der Waals surface area contributed by atoms with Crippen molar-refractivity contribution in [1.82, 2.24) is 20.2 Å². The van der Waals surface area contributed by atoms with Crippen molar-refractivity contribution in [2.24, 2.45) is 5.92 Å². The number of aromatic nitrogens is 2. The van der Waals surface area contributed by atoms with Gasteiger partial charge < -0.3 is 15.1 Å². The standard InChI is InChI=1S/C16H29N5/c1-13(2)18-10-15-9-17-11-16(19-15)21(4)12-14-5-7-20(3)8-6-14/h9,11,13-14,18H,5-8,10,12H2,1-4H3. The first-order valence-corrected chi connectivity index (χ1v) is 7.98. The highest BCUT2D eigenvalue weighted by atomic mass is 15.2. The molecule has 0 bridgehead atoms. The van der Waals surface area contributed by atoms with E-state index in [0.717, 1.165) is 30.5 Å². The Kier molecular flexibility index (Phi) is 5.94. The van der Waals surface area contributed by atoms with Gasteiger partial charge >= 0.3 is 0 Å². The van der Waals surface area contributed by atoms with Crippen molar-refractivity contribution in [3.63, 3.8) is 0 Å². The van der Waals surface area contributed by atoms with Gasteiger partial charge in [-0.3, -0.25) is 4.98 Å². The molecule has 118 valence electrons. The van der Waals surface area contributed by atoms with Gasteiger partial charge in [0, 0.05) is 32.4 Å². The number of hydrogen-bond acceptors (Lipinski definition) is 5. The van der Waals surface area contributed by atoms with Crippen LogP contribution < -0.4 is 10.2 Å². The van der Waals surface area contributed by atoms with Gasteiger partial charge in [-0.25, -0.2) is 4.98 Å². The monoisotopic (exact) mass is 291 g/mol. The lowest BCUT2D eigenvalue weighted by Crippen LogP contribution is -2.36. The Morgan fingerprint density at radius 1 is 1.33 bits per heavy atom. The molecule has 2 rings (SSSR count). The lowest BCUT2D eigenvalue weighted by atomic mass is 9.97. The summed E-state index contributed by atoms with van der Waals surface area (Å²) in [5.74, 6) is 1.75. The van der Waals surface area contributed by atoms with Crippen LogP contribution >= 0.6 is 0 Å². The number of nitrogens with zero attached hydrogens (tertiary/aromatic N) is 4. The van der Waals surface area contributed by atoms with Crippen molar-refractivity contribution < 1.29 is 0 Å². The van der Waals surface area contributed by atoms with E-state index in [4.69, 9.17) is 4.98 Å². The summed E-state index contributed by atoms with van der Waals surface area (Å²) in [5.41, 5.74) is 1.01. The van der Waals surface area contributed by atoms with E-state index in [2.05, 4.69) is 48.0 Å². The molecule has 1 aromatic rings. The molecule has 1 aliphatic heterocycles. The summed E-state index contributed by atoms with van der Waals surface area (Å²) < 4.78 is 0. The van der Waals surface area contributed by atoms with Crippen molar-refractivity contribution in [2.75, 3.05) is 38.6 Å². The van der Waals surface area contributed by atoms with Gasteiger partial charge in [0.05, 0.1) is 11.9 Å². The van der Waals surface area contributed by atoms with Gasteiger partial charge in [0.2, 0.25) is 0 Å². The second kappa shape index (κ2) is 7.71. The zero-order valence-corrected chi connectivity index (χ0v) is 13.8. The van der Waals surface area contributed by atoms with E-state index in [1.54, 1.807) is 0 Å². The van der Waals surface area contributed by atoms with E-state index < -0.39 is 0 Å². The number of nitrogens with one attached hydrogen (secondary N) is 1. The molecule has 0 radical (unpaired) electrons. The second-order valence-electron chi connectivity index (χ2n) is 6.53. The first-order chi connectivity index (χ1) is 10.0. The molecule has 0 aromatic carbocycles. The third-order valence-corrected chi connectivity index (χ3v) is 4.12. The molecule has 0 spiro atoms. The maximum absolute atomic E-state index is 4.72. The van der Waals surface area contributed by atoms with Crippen LogP contribution in [0.2, 0.25) is 0 Å². The maximum Gasteiger partial charge on any atom is 0.147 e. The number of hydrogen-bond donors (Lipinski definition) is 1. The predicted molar refractivity (Wildman–Crippen MR) is 87.5 cm³/mol. The van der Waals surface area contributed by atoms with Crippen molar-refractivity contribution in [3.05, 3.63) is 18.1 Å². The molecule has 0 saturated carbocycles. The molecule has 0 unspecified atom stereocenters. The topological polar surface area (TPSA) is 44.3 Å². The molecule has 5 nitrogen and oxygen atoms in total. The van der Waals surface area contributed by atoms with Crippen LogP contribution in [0.15, 0.2) is 12.4 Å². The average Bonchev–Trinajstić information content (AvgIpc) is 2.48. The van der Waals surface area contributed by atoms with Gasteiger partial charge in [-0.1, -0.05) is 13.8 Å². The van der Waals surface area contributed by atoms with Gasteiger partial charge in [-0.15, -0.1) is 0 Å².